The lowest BCUT2D eigenvalue weighted by Gasteiger charge is -2.06. The summed E-state index contributed by atoms with van der Waals surface area (Å²) in [7, 11) is 0. The largest absolute Gasteiger partial charge is 0.425 e. The molecule has 2 rings (SSSR count). The molecule has 0 saturated carbocycles. The van der Waals surface area contributed by atoms with Gasteiger partial charge in [-0.2, -0.15) is 0 Å². The number of hydrogen-bond acceptors (Lipinski definition) is 3. The maximum Gasteiger partial charge on any atom is 0.141 e. The summed E-state index contributed by atoms with van der Waals surface area (Å²) in [4.78, 5) is 0. The summed E-state index contributed by atoms with van der Waals surface area (Å²) in [6.45, 7) is 1.98. The monoisotopic (exact) mass is 181 g/mol. The zero-order valence-electron chi connectivity index (χ0n) is 6.91. The van der Waals surface area contributed by atoms with Gasteiger partial charge in [0.25, 0.3) is 0 Å². The van der Waals surface area contributed by atoms with Crippen molar-refractivity contribution in [3.63, 3.8) is 0 Å². The minimum atomic E-state index is 0.0875. The molecular formula is C9H11NOS. The van der Waals surface area contributed by atoms with Gasteiger partial charge in [-0.15, -0.1) is 0 Å². The van der Waals surface area contributed by atoms with E-state index in [1.54, 1.807) is 0 Å². The summed E-state index contributed by atoms with van der Waals surface area (Å²) >= 11 is 1.48. The number of rotatable bonds is 1. The molecule has 2 nitrogen and oxygen atoms in total. The highest BCUT2D eigenvalue weighted by Gasteiger charge is 2.14. The normalized spacial score (nSPS) is 16.8. The van der Waals surface area contributed by atoms with Gasteiger partial charge in [0.2, 0.25) is 0 Å². The Labute approximate surface area is 76.3 Å². The van der Waals surface area contributed by atoms with Crippen LogP contribution in [0.4, 0.5) is 0 Å². The zero-order chi connectivity index (χ0) is 8.55. The molecule has 2 N–H and O–H groups in total. The molecule has 1 aromatic carbocycles. The molecule has 1 aromatic rings. The van der Waals surface area contributed by atoms with E-state index in [0.29, 0.717) is 0 Å². The molecular weight excluding hydrogens is 170 g/mol. The van der Waals surface area contributed by atoms with Gasteiger partial charge in [-0.1, -0.05) is 12.1 Å². The third-order valence-corrected chi connectivity index (χ3v) is 2.71. The van der Waals surface area contributed by atoms with Gasteiger partial charge in [-0.25, -0.2) is 0 Å². The fourth-order valence-electron chi connectivity index (χ4n) is 1.21. The van der Waals surface area contributed by atoms with Crippen molar-refractivity contribution in [2.45, 2.75) is 18.7 Å². The lowest BCUT2D eigenvalue weighted by molar-refractivity contribution is 0.656. The van der Waals surface area contributed by atoms with Crippen LogP contribution in [0.1, 0.15) is 24.1 Å². The quantitative estimate of drug-likeness (QED) is 0.675. The first-order valence-electron chi connectivity index (χ1n) is 3.95. The summed E-state index contributed by atoms with van der Waals surface area (Å²) in [5.74, 6) is 1.93. The number of fused-ring (bicyclic) bond motifs is 1. The van der Waals surface area contributed by atoms with Crippen LogP contribution in [0.3, 0.4) is 0 Å². The van der Waals surface area contributed by atoms with Gasteiger partial charge < -0.3 is 9.92 Å². The molecule has 1 unspecified atom stereocenters. The zero-order valence-corrected chi connectivity index (χ0v) is 7.73. The lowest BCUT2D eigenvalue weighted by Crippen LogP contribution is -2.04. The van der Waals surface area contributed by atoms with Gasteiger partial charge >= 0.3 is 0 Å². The summed E-state index contributed by atoms with van der Waals surface area (Å²) in [6.07, 6.45) is 0. The Morgan fingerprint density at radius 2 is 2.42 bits per heavy atom. The molecule has 1 aliphatic heterocycles. The molecule has 64 valence electrons. The SMILES string of the molecule is CC(N)c1ccc2c(c1)OSC2. The smallest absolute Gasteiger partial charge is 0.141 e. The first kappa shape index (κ1) is 7.95. The average molecular weight is 181 g/mol. The van der Waals surface area contributed by atoms with Crippen LogP contribution in [0.5, 0.6) is 5.75 Å². The van der Waals surface area contributed by atoms with Crippen LogP contribution in [0.25, 0.3) is 0 Å². The number of nitrogens with two attached hydrogens (primary N) is 1. The molecule has 1 atom stereocenters. The molecule has 0 bridgehead atoms. The summed E-state index contributed by atoms with van der Waals surface area (Å²) in [5, 5.41) is 0. The molecule has 0 amide bonds. The summed E-state index contributed by atoms with van der Waals surface area (Å²) in [5.41, 5.74) is 8.15. The van der Waals surface area contributed by atoms with Gasteiger partial charge in [0, 0.05) is 11.6 Å². The second-order valence-electron chi connectivity index (χ2n) is 3.00. The van der Waals surface area contributed by atoms with Crippen molar-refractivity contribution in [2.75, 3.05) is 0 Å². The third kappa shape index (κ3) is 1.30. The standard InChI is InChI=1S/C9H11NOS/c1-6(10)7-2-3-8-5-12-11-9(8)4-7/h2-4,6H,5,10H2,1H3. The van der Waals surface area contributed by atoms with Gasteiger partial charge in [-0.3, -0.25) is 0 Å². The first-order chi connectivity index (χ1) is 5.77. The highest BCUT2D eigenvalue weighted by Crippen LogP contribution is 2.35. The highest BCUT2D eigenvalue weighted by atomic mass is 32.2. The molecule has 0 saturated heterocycles. The Morgan fingerprint density at radius 3 is 3.17 bits per heavy atom. The predicted octanol–water partition coefficient (Wildman–Crippen LogP) is 2.25. The van der Waals surface area contributed by atoms with Crippen LogP contribution < -0.4 is 9.92 Å². The van der Waals surface area contributed by atoms with E-state index in [1.165, 1.54) is 17.6 Å². The number of hydrogen-bond donors (Lipinski definition) is 1. The van der Waals surface area contributed by atoms with Crippen molar-refractivity contribution >= 4 is 12.0 Å². The second kappa shape index (κ2) is 2.99. The fraction of sp³-hybridized carbons (Fsp3) is 0.333. The third-order valence-electron chi connectivity index (χ3n) is 1.98. The maximum atomic E-state index is 5.75. The lowest BCUT2D eigenvalue weighted by atomic mass is 10.1. The van der Waals surface area contributed by atoms with Gasteiger partial charge in [0.15, 0.2) is 0 Å². The molecule has 3 heteroatoms. The van der Waals surface area contributed by atoms with Crippen molar-refractivity contribution < 1.29 is 4.18 Å². The molecule has 0 fully saturated rings. The van der Waals surface area contributed by atoms with Gasteiger partial charge in [-0.05, 0) is 18.6 Å². The molecule has 0 aromatic heterocycles. The minimum absolute atomic E-state index is 0.0875. The van der Waals surface area contributed by atoms with Crippen molar-refractivity contribution in [3.05, 3.63) is 29.3 Å². The van der Waals surface area contributed by atoms with Crippen molar-refractivity contribution in [2.24, 2.45) is 5.73 Å². The van der Waals surface area contributed by atoms with E-state index in [4.69, 9.17) is 9.92 Å². The maximum absolute atomic E-state index is 5.75. The molecule has 1 aliphatic rings. The Balaban J connectivity index is 2.39. The summed E-state index contributed by atoms with van der Waals surface area (Å²) in [6, 6.07) is 6.27. The number of benzene rings is 1. The van der Waals surface area contributed by atoms with E-state index < -0.39 is 0 Å². The van der Waals surface area contributed by atoms with Crippen LogP contribution >= 0.6 is 12.0 Å². The Bertz CT molecular complexity index is 299. The van der Waals surface area contributed by atoms with Crippen LogP contribution in [-0.4, -0.2) is 0 Å². The highest BCUT2D eigenvalue weighted by molar-refractivity contribution is 7.94. The Hall–Kier alpha value is -0.670. The van der Waals surface area contributed by atoms with Gasteiger partial charge in [0.1, 0.15) is 5.75 Å². The van der Waals surface area contributed by atoms with E-state index >= 15 is 0 Å². The summed E-state index contributed by atoms with van der Waals surface area (Å²) < 4.78 is 5.35. The minimum Gasteiger partial charge on any atom is -0.425 e. The predicted molar refractivity (Wildman–Crippen MR) is 51.0 cm³/mol. The van der Waals surface area contributed by atoms with Crippen LogP contribution in [0.15, 0.2) is 18.2 Å². The van der Waals surface area contributed by atoms with Gasteiger partial charge in [0.05, 0.1) is 17.8 Å². The van der Waals surface area contributed by atoms with Crippen LogP contribution in [0.2, 0.25) is 0 Å². The van der Waals surface area contributed by atoms with Crippen LogP contribution in [-0.2, 0) is 5.75 Å². The van der Waals surface area contributed by atoms with E-state index in [2.05, 4.69) is 12.1 Å². The topological polar surface area (TPSA) is 35.2 Å². The Morgan fingerprint density at radius 1 is 1.58 bits per heavy atom. The van der Waals surface area contributed by atoms with Crippen molar-refractivity contribution in [1.29, 1.82) is 0 Å². The molecule has 1 heterocycles. The van der Waals surface area contributed by atoms with E-state index in [-0.39, 0.29) is 6.04 Å². The molecule has 0 spiro atoms. The molecule has 0 radical (unpaired) electrons. The fourth-order valence-corrected chi connectivity index (χ4v) is 1.91. The molecule has 0 aliphatic carbocycles. The van der Waals surface area contributed by atoms with E-state index in [9.17, 15) is 0 Å². The van der Waals surface area contributed by atoms with E-state index in [1.807, 2.05) is 13.0 Å². The van der Waals surface area contributed by atoms with E-state index in [0.717, 1.165) is 17.1 Å². The second-order valence-corrected chi connectivity index (χ2v) is 3.69. The molecule has 12 heavy (non-hydrogen) atoms. The van der Waals surface area contributed by atoms with Crippen LogP contribution in [0, 0.1) is 0 Å². The first-order valence-corrected chi connectivity index (χ1v) is 4.86. The average Bonchev–Trinajstić information content (AvgIpc) is 2.49. The van der Waals surface area contributed by atoms with Crippen molar-refractivity contribution in [1.82, 2.24) is 0 Å². The van der Waals surface area contributed by atoms with Crippen molar-refractivity contribution in [3.8, 4) is 5.75 Å². The Kier molecular flexibility index (Phi) is 1.98.